The van der Waals surface area contributed by atoms with Gasteiger partial charge >= 0.3 is 0 Å². The first-order valence-electron chi connectivity index (χ1n) is 5.84. The Morgan fingerprint density at radius 2 is 2.12 bits per heavy atom. The van der Waals surface area contributed by atoms with Crippen LogP contribution < -0.4 is 10.2 Å². The number of likely N-dealkylation sites (N-methyl/N-ethyl adjacent to an activating group) is 1. The second kappa shape index (κ2) is 5.60. The lowest BCUT2D eigenvalue weighted by Gasteiger charge is -2.29. The number of anilines is 1. The number of aryl methyl sites for hydroxylation is 1. The smallest absolute Gasteiger partial charge is 0.0364 e. The minimum Gasteiger partial charge on any atom is -0.373 e. The predicted molar refractivity (Wildman–Crippen MR) is 73.6 cm³/mol. The first kappa shape index (κ1) is 11.8. The Morgan fingerprint density at radius 3 is 2.75 bits per heavy atom. The standard InChI is InChI=1S/C13H20N2S/c1-11-3-5-13(6-4-11)15(2)9-12-10-16-8-7-14-12/h3-6,12,14H,7-10H2,1-2H3. The van der Waals surface area contributed by atoms with Crippen molar-refractivity contribution in [2.75, 3.05) is 36.5 Å². The summed E-state index contributed by atoms with van der Waals surface area (Å²) in [5.74, 6) is 2.49. The number of rotatable bonds is 3. The Labute approximate surface area is 102 Å². The van der Waals surface area contributed by atoms with E-state index in [0.29, 0.717) is 6.04 Å². The topological polar surface area (TPSA) is 15.3 Å². The quantitative estimate of drug-likeness (QED) is 0.865. The maximum atomic E-state index is 3.57. The highest BCUT2D eigenvalue weighted by Gasteiger charge is 2.14. The van der Waals surface area contributed by atoms with E-state index in [1.165, 1.54) is 22.8 Å². The van der Waals surface area contributed by atoms with E-state index in [9.17, 15) is 0 Å². The van der Waals surface area contributed by atoms with E-state index >= 15 is 0 Å². The van der Waals surface area contributed by atoms with Crippen molar-refractivity contribution in [3.63, 3.8) is 0 Å². The summed E-state index contributed by atoms with van der Waals surface area (Å²) in [6.45, 7) is 4.37. The molecule has 0 aliphatic carbocycles. The van der Waals surface area contributed by atoms with Gasteiger partial charge in [-0.2, -0.15) is 11.8 Å². The molecule has 1 aromatic carbocycles. The van der Waals surface area contributed by atoms with Gasteiger partial charge in [-0.1, -0.05) is 17.7 Å². The van der Waals surface area contributed by atoms with Crippen LogP contribution in [0.4, 0.5) is 5.69 Å². The van der Waals surface area contributed by atoms with Crippen LogP contribution >= 0.6 is 11.8 Å². The van der Waals surface area contributed by atoms with Gasteiger partial charge in [0.05, 0.1) is 0 Å². The maximum Gasteiger partial charge on any atom is 0.0364 e. The molecule has 1 N–H and O–H groups in total. The van der Waals surface area contributed by atoms with Gasteiger partial charge in [0, 0.05) is 43.4 Å². The molecular weight excluding hydrogens is 216 g/mol. The molecule has 0 bridgehead atoms. The first-order chi connectivity index (χ1) is 7.75. The molecule has 2 rings (SSSR count). The van der Waals surface area contributed by atoms with Gasteiger partial charge in [0.2, 0.25) is 0 Å². The minimum atomic E-state index is 0.630. The fourth-order valence-electron chi connectivity index (χ4n) is 1.97. The molecule has 1 heterocycles. The van der Waals surface area contributed by atoms with Gasteiger partial charge in [-0.05, 0) is 19.1 Å². The molecule has 1 saturated heterocycles. The van der Waals surface area contributed by atoms with Crippen LogP contribution in [0.15, 0.2) is 24.3 Å². The van der Waals surface area contributed by atoms with Crippen LogP contribution in [0, 0.1) is 6.92 Å². The monoisotopic (exact) mass is 236 g/mol. The molecule has 1 unspecified atom stereocenters. The largest absolute Gasteiger partial charge is 0.373 e. The van der Waals surface area contributed by atoms with E-state index in [2.05, 4.69) is 60.2 Å². The van der Waals surface area contributed by atoms with Crippen LogP contribution in [-0.4, -0.2) is 37.7 Å². The molecule has 0 radical (unpaired) electrons. The summed E-state index contributed by atoms with van der Waals surface area (Å²) in [4.78, 5) is 2.34. The van der Waals surface area contributed by atoms with Crippen molar-refractivity contribution in [1.82, 2.24) is 5.32 Å². The van der Waals surface area contributed by atoms with Crippen LogP contribution in [0.1, 0.15) is 5.56 Å². The fourth-order valence-corrected chi connectivity index (χ4v) is 2.91. The third-order valence-corrected chi connectivity index (χ3v) is 4.10. The normalized spacial score (nSPS) is 20.8. The van der Waals surface area contributed by atoms with E-state index in [1.54, 1.807) is 0 Å². The summed E-state index contributed by atoms with van der Waals surface area (Å²) in [6.07, 6.45) is 0. The Morgan fingerprint density at radius 1 is 1.38 bits per heavy atom. The summed E-state index contributed by atoms with van der Waals surface area (Å²) in [5.41, 5.74) is 2.63. The van der Waals surface area contributed by atoms with Gasteiger partial charge in [0.25, 0.3) is 0 Å². The van der Waals surface area contributed by atoms with Gasteiger partial charge in [-0.15, -0.1) is 0 Å². The maximum absolute atomic E-state index is 3.57. The second-order valence-electron chi connectivity index (χ2n) is 4.44. The van der Waals surface area contributed by atoms with E-state index in [4.69, 9.17) is 0 Å². The third kappa shape index (κ3) is 3.16. The van der Waals surface area contributed by atoms with Gasteiger partial charge in [-0.25, -0.2) is 0 Å². The van der Waals surface area contributed by atoms with Crippen LogP contribution in [0.3, 0.4) is 0 Å². The molecule has 1 aliphatic heterocycles. The molecule has 16 heavy (non-hydrogen) atoms. The first-order valence-corrected chi connectivity index (χ1v) is 7.00. The second-order valence-corrected chi connectivity index (χ2v) is 5.59. The highest BCUT2D eigenvalue weighted by molar-refractivity contribution is 7.99. The molecule has 88 valence electrons. The van der Waals surface area contributed by atoms with Crippen LogP contribution in [0.5, 0.6) is 0 Å². The van der Waals surface area contributed by atoms with Crippen molar-refractivity contribution in [2.45, 2.75) is 13.0 Å². The molecule has 2 nitrogen and oxygen atoms in total. The lowest BCUT2D eigenvalue weighted by atomic mass is 10.2. The summed E-state index contributed by atoms with van der Waals surface area (Å²) >= 11 is 2.05. The molecule has 0 spiro atoms. The Kier molecular flexibility index (Phi) is 4.13. The predicted octanol–water partition coefficient (Wildman–Crippen LogP) is 2.14. The van der Waals surface area contributed by atoms with E-state index < -0.39 is 0 Å². The molecule has 1 aromatic rings. The zero-order valence-electron chi connectivity index (χ0n) is 10.1. The van der Waals surface area contributed by atoms with Gasteiger partial charge < -0.3 is 10.2 Å². The summed E-state index contributed by atoms with van der Waals surface area (Å²) < 4.78 is 0. The van der Waals surface area contributed by atoms with Gasteiger partial charge in [0.1, 0.15) is 0 Å². The van der Waals surface area contributed by atoms with Crippen molar-refractivity contribution in [3.05, 3.63) is 29.8 Å². The van der Waals surface area contributed by atoms with E-state index in [0.717, 1.165) is 13.1 Å². The number of hydrogen-bond acceptors (Lipinski definition) is 3. The SMILES string of the molecule is Cc1ccc(N(C)CC2CSCCN2)cc1. The zero-order valence-corrected chi connectivity index (χ0v) is 10.9. The van der Waals surface area contributed by atoms with Gasteiger partial charge in [0.15, 0.2) is 0 Å². The summed E-state index contributed by atoms with van der Waals surface area (Å²) in [6, 6.07) is 9.38. The number of hydrogen-bond donors (Lipinski definition) is 1. The average Bonchev–Trinajstić information content (AvgIpc) is 2.31. The summed E-state index contributed by atoms with van der Waals surface area (Å²) in [5, 5.41) is 3.57. The van der Waals surface area contributed by atoms with E-state index in [-0.39, 0.29) is 0 Å². The highest BCUT2D eigenvalue weighted by atomic mass is 32.2. The zero-order chi connectivity index (χ0) is 11.4. The lowest BCUT2D eigenvalue weighted by Crippen LogP contribution is -2.45. The molecular formula is C13H20N2S. The van der Waals surface area contributed by atoms with Crippen molar-refractivity contribution < 1.29 is 0 Å². The van der Waals surface area contributed by atoms with Crippen LogP contribution in [0.25, 0.3) is 0 Å². The van der Waals surface area contributed by atoms with E-state index in [1.807, 2.05) is 0 Å². The molecule has 1 aliphatic rings. The Bertz CT molecular complexity index is 317. The highest BCUT2D eigenvalue weighted by Crippen LogP contribution is 2.15. The fraction of sp³-hybridized carbons (Fsp3) is 0.538. The van der Waals surface area contributed by atoms with Crippen molar-refractivity contribution in [3.8, 4) is 0 Å². The number of thioether (sulfide) groups is 1. The molecule has 0 aromatic heterocycles. The number of nitrogens with zero attached hydrogens (tertiary/aromatic N) is 1. The third-order valence-electron chi connectivity index (χ3n) is 2.97. The molecule has 0 saturated carbocycles. The number of nitrogens with one attached hydrogen (secondary N) is 1. The average molecular weight is 236 g/mol. The molecule has 3 heteroatoms. The Hall–Kier alpha value is -0.670. The lowest BCUT2D eigenvalue weighted by molar-refractivity contribution is 0.562. The summed E-state index contributed by atoms with van der Waals surface area (Å²) in [7, 11) is 2.17. The minimum absolute atomic E-state index is 0.630. The van der Waals surface area contributed by atoms with Crippen molar-refractivity contribution >= 4 is 17.4 Å². The molecule has 1 fully saturated rings. The van der Waals surface area contributed by atoms with Crippen molar-refractivity contribution in [2.24, 2.45) is 0 Å². The number of benzene rings is 1. The van der Waals surface area contributed by atoms with Crippen LogP contribution in [-0.2, 0) is 0 Å². The van der Waals surface area contributed by atoms with Gasteiger partial charge in [-0.3, -0.25) is 0 Å². The Balaban J connectivity index is 1.91. The van der Waals surface area contributed by atoms with Crippen LogP contribution in [0.2, 0.25) is 0 Å². The molecule has 1 atom stereocenters. The molecule has 0 amide bonds. The van der Waals surface area contributed by atoms with Crippen molar-refractivity contribution in [1.29, 1.82) is 0 Å².